The molecule has 4 rings (SSSR count). The molecule has 0 aromatic heterocycles. The van der Waals surface area contributed by atoms with Crippen molar-refractivity contribution in [1.29, 1.82) is 0 Å². The van der Waals surface area contributed by atoms with Crippen molar-refractivity contribution in [1.82, 2.24) is 10.6 Å². The Morgan fingerprint density at radius 2 is 1.62 bits per heavy atom. The molecular formula is C40H54N2O6. The number of rotatable bonds is 18. The molecule has 2 N–H and O–H groups in total. The molecule has 3 aromatic carbocycles. The molecule has 8 nitrogen and oxygen atoms in total. The average Bonchev–Trinajstić information content (AvgIpc) is 3.08. The number of hydrogen-bond acceptors (Lipinski definition) is 7. The summed E-state index contributed by atoms with van der Waals surface area (Å²) in [7, 11) is 1.33. The van der Waals surface area contributed by atoms with Gasteiger partial charge in [0.05, 0.1) is 24.9 Å². The molecule has 0 saturated carbocycles. The lowest BCUT2D eigenvalue weighted by Crippen LogP contribution is -2.44. The Hall–Kier alpha value is -3.88. The first-order valence-electron chi connectivity index (χ1n) is 17.5. The van der Waals surface area contributed by atoms with E-state index < -0.39 is 12.0 Å². The van der Waals surface area contributed by atoms with Crippen molar-refractivity contribution in [3.63, 3.8) is 0 Å². The Labute approximate surface area is 286 Å². The molecule has 8 heteroatoms. The lowest BCUT2D eigenvalue weighted by Gasteiger charge is -2.34. The van der Waals surface area contributed by atoms with E-state index >= 15 is 0 Å². The number of amides is 1. The van der Waals surface area contributed by atoms with Crippen LogP contribution in [0.25, 0.3) is 0 Å². The first kappa shape index (κ1) is 36.9. The third-order valence-corrected chi connectivity index (χ3v) is 8.42. The fourth-order valence-electron chi connectivity index (χ4n) is 5.98. The van der Waals surface area contributed by atoms with Crippen LogP contribution < -0.4 is 20.1 Å². The van der Waals surface area contributed by atoms with Crippen molar-refractivity contribution in [3.8, 4) is 11.5 Å². The molecule has 0 saturated heterocycles. The lowest BCUT2D eigenvalue weighted by atomic mass is 9.96. The highest BCUT2D eigenvalue weighted by Crippen LogP contribution is 2.36. The van der Waals surface area contributed by atoms with Gasteiger partial charge in [0, 0.05) is 24.4 Å². The van der Waals surface area contributed by atoms with E-state index in [-0.39, 0.29) is 30.2 Å². The molecule has 0 aliphatic carbocycles. The minimum absolute atomic E-state index is 0.0343. The molecule has 0 fully saturated rings. The third kappa shape index (κ3) is 11.7. The van der Waals surface area contributed by atoms with E-state index in [2.05, 4.69) is 38.3 Å². The van der Waals surface area contributed by atoms with Crippen LogP contribution in [0.3, 0.4) is 0 Å². The zero-order valence-corrected chi connectivity index (χ0v) is 29.4. The smallest absolute Gasteiger partial charge is 0.328 e. The van der Waals surface area contributed by atoms with E-state index in [1.54, 1.807) is 6.07 Å². The van der Waals surface area contributed by atoms with Crippen LogP contribution in [-0.2, 0) is 27.3 Å². The minimum atomic E-state index is -0.881. The monoisotopic (exact) mass is 658 g/mol. The number of nitrogens with one attached hydrogen (secondary N) is 2. The molecule has 3 unspecified atom stereocenters. The van der Waals surface area contributed by atoms with Crippen LogP contribution in [0.15, 0.2) is 72.8 Å². The zero-order chi connectivity index (χ0) is 34.4. The summed E-state index contributed by atoms with van der Waals surface area (Å²) in [5.74, 6) is 0.353. The molecule has 0 radical (unpaired) electrons. The Balaban J connectivity index is 1.42. The average molecular weight is 659 g/mol. The molecule has 3 aromatic rings. The second-order valence-corrected chi connectivity index (χ2v) is 13.5. The molecule has 0 spiro atoms. The summed E-state index contributed by atoms with van der Waals surface area (Å²) >= 11 is 0. The summed E-state index contributed by atoms with van der Waals surface area (Å²) in [6.07, 6.45) is 9.14. The number of methoxy groups -OCH3 is 1. The molecule has 1 aliphatic heterocycles. The van der Waals surface area contributed by atoms with Gasteiger partial charge in [-0.3, -0.25) is 10.1 Å². The normalized spacial score (nSPS) is 15.5. The predicted octanol–water partition coefficient (Wildman–Crippen LogP) is 8.08. The van der Waals surface area contributed by atoms with Crippen LogP contribution >= 0.6 is 0 Å². The highest BCUT2D eigenvalue weighted by Gasteiger charge is 2.31. The van der Waals surface area contributed by atoms with Gasteiger partial charge in [0.1, 0.15) is 30.4 Å². The summed E-state index contributed by atoms with van der Waals surface area (Å²) in [5, 5.41) is 6.65. The van der Waals surface area contributed by atoms with Crippen molar-refractivity contribution in [2.45, 2.75) is 116 Å². The van der Waals surface area contributed by atoms with Gasteiger partial charge >= 0.3 is 5.97 Å². The van der Waals surface area contributed by atoms with Crippen LogP contribution in [0.2, 0.25) is 0 Å². The summed E-state index contributed by atoms with van der Waals surface area (Å²) in [4.78, 5) is 26.5. The van der Waals surface area contributed by atoms with Gasteiger partial charge in [0.2, 0.25) is 0 Å². The van der Waals surface area contributed by atoms with Gasteiger partial charge in [-0.2, -0.15) is 0 Å². The number of ether oxygens (including phenoxy) is 4. The van der Waals surface area contributed by atoms with E-state index in [9.17, 15) is 9.59 Å². The first-order chi connectivity index (χ1) is 23.2. The zero-order valence-electron chi connectivity index (χ0n) is 29.4. The number of carbonyl (C=O) groups is 2. The van der Waals surface area contributed by atoms with E-state index in [0.717, 1.165) is 41.7 Å². The van der Waals surface area contributed by atoms with Gasteiger partial charge in [0.25, 0.3) is 5.91 Å². The molecule has 0 bridgehead atoms. The largest absolute Gasteiger partial charge is 0.492 e. The van der Waals surface area contributed by atoms with E-state index in [1.807, 2.05) is 66.7 Å². The highest BCUT2D eigenvalue weighted by molar-refractivity contribution is 5.99. The number of fused-ring (bicyclic) bond motifs is 1. The number of benzene rings is 3. The summed E-state index contributed by atoms with van der Waals surface area (Å²) < 4.78 is 23.5. The van der Waals surface area contributed by atoms with Gasteiger partial charge in [0.15, 0.2) is 0 Å². The fourth-order valence-corrected chi connectivity index (χ4v) is 5.98. The molecule has 260 valence electrons. The summed E-state index contributed by atoms with van der Waals surface area (Å²) in [6.45, 7) is 9.40. The number of para-hydroxylation sites is 1. The van der Waals surface area contributed by atoms with Crippen LogP contribution in [0.4, 0.5) is 0 Å². The molecule has 1 heterocycles. The third-order valence-electron chi connectivity index (χ3n) is 8.42. The van der Waals surface area contributed by atoms with Crippen molar-refractivity contribution in [2.24, 2.45) is 0 Å². The maximum Gasteiger partial charge on any atom is 0.328 e. The SMILES string of the molecule is CCCCCCCCC(NC1CCOc2c(C(=O)NC(Cc3ccc(OCc4ccccc4)cc3)C(=O)OC)cccc21)OC(C)(C)C. The summed E-state index contributed by atoms with van der Waals surface area (Å²) in [5.41, 5.74) is 2.95. The van der Waals surface area contributed by atoms with E-state index in [1.165, 1.54) is 39.2 Å². The highest BCUT2D eigenvalue weighted by atomic mass is 16.5. The maximum atomic E-state index is 13.7. The van der Waals surface area contributed by atoms with Crippen molar-refractivity contribution < 1.29 is 28.5 Å². The van der Waals surface area contributed by atoms with Crippen LogP contribution in [0.5, 0.6) is 11.5 Å². The van der Waals surface area contributed by atoms with E-state index in [4.69, 9.17) is 18.9 Å². The topological polar surface area (TPSA) is 95.1 Å². The van der Waals surface area contributed by atoms with Crippen molar-refractivity contribution >= 4 is 11.9 Å². The van der Waals surface area contributed by atoms with Gasteiger partial charge in [-0.15, -0.1) is 0 Å². The Kier molecular flexibility index (Phi) is 14.3. The lowest BCUT2D eigenvalue weighted by molar-refractivity contribution is -0.142. The molecule has 1 aliphatic rings. The number of hydrogen-bond donors (Lipinski definition) is 2. The van der Waals surface area contributed by atoms with E-state index in [0.29, 0.717) is 24.5 Å². The van der Waals surface area contributed by atoms with Crippen molar-refractivity contribution in [3.05, 3.63) is 95.1 Å². The molecule has 1 amide bonds. The van der Waals surface area contributed by atoms with Crippen LogP contribution in [-0.4, -0.2) is 43.5 Å². The second-order valence-electron chi connectivity index (χ2n) is 13.5. The first-order valence-corrected chi connectivity index (χ1v) is 17.5. The van der Waals surface area contributed by atoms with Crippen molar-refractivity contribution in [2.75, 3.05) is 13.7 Å². The quantitative estimate of drug-likeness (QED) is 0.0811. The van der Waals surface area contributed by atoms with Crippen LogP contribution in [0, 0.1) is 0 Å². The summed E-state index contributed by atoms with van der Waals surface area (Å²) in [6, 6.07) is 22.2. The second kappa shape index (κ2) is 18.6. The maximum absolute atomic E-state index is 13.7. The standard InChI is InChI=1S/C40H54N2O6/c1-6-7-8-9-10-14-20-36(48-40(2,3)4)41-34-25-26-46-37-32(34)18-15-19-33(37)38(43)42-35(39(44)45-5)27-29-21-23-31(24-22-29)47-28-30-16-12-11-13-17-30/h11-13,15-19,21-24,34-36,41H,6-10,14,20,25-28H2,1-5H3,(H,42,43). The van der Waals surface area contributed by atoms with Gasteiger partial charge in [-0.25, -0.2) is 4.79 Å². The van der Waals surface area contributed by atoms with Gasteiger partial charge in [-0.05, 0) is 62.9 Å². The number of carbonyl (C=O) groups excluding carboxylic acids is 2. The predicted molar refractivity (Wildman–Crippen MR) is 189 cm³/mol. The van der Waals surface area contributed by atoms with Gasteiger partial charge < -0.3 is 24.3 Å². The van der Waals surface area contributed by atoms with Crippen LogP contribution in [0.1, 0.15) is 112 Å². The minimum Gasteiger partial charge on any atom is -0.492 e. The Bertz CT molecular complexity index is 1420. The molecule has 48 heavy (non-hydrogen) atoms. The Morgan fingerprint density at radius 3 is 2.33 bits per heavy atom. The number of unbranched alkanes of at least 4 members (excludes halogenated alkanes) is 5. The Morgan fingerprint density at radius 1 is 0.896 bits per heavy atom. The molecular weight excluding hydrogens is 604 g/mol. The number of esters is 1. The molecule has 3 atom stereocenters. The fraction of sp³-hybridized carbons (Fsp3) is 0.500. The van der Waals surface area contributed by atoms with Gasteiger partial charge in [-0.1, -0.05) is 93.6 Å².